The zero-order chi connectivity index (χ0) is 17.6. The number of carbonyl (C=O) groups is 1. The second kappa shape index (κ2) is 7.61. The first-order valence-electron chi connectivity index (χ1n) is 8.04. The van der Waals surface area contributed by atoms with Gasteiger partial charge in [-0.05, 0) is 30.0 Å². The fourth-order valence-electron chi connectivity index (χ4n) is 2.67. The lowest BCUT2D eigenvalue weighted by molar-refractivity contribution is 0.151. The average molecular weight is 340 g/mol. The molecule has 0 saturated carbocycles. The van der Waals surface area contributed by atoms with Crippen molar-refractivity contribution in [3.63, 3.8) is 0 Å². The molecular weight excluding hydrogens is 320 g/mol. The van der Waals surface area contributed by atoms with Gasteiger partial charge in [0, 0.05) is 31.0 Å². The van der Waals surface area contributed by atoms with Crippen molar-refractivity contribution in [1.82, 2.24) is 9.97 Å². The quantitative estimate of drug-likeness (QED) is 0.641. The normalized spacial score (nSPS) is 13.5. The van der Waals surface area contributed by atoms with Crippen LogP contribution < -0.4 is 16.4 Å². The zero-order valence-electron chi connectivity index (χ0n) is 13.8. The first-order chi connectivity index (χ1) is 12.1. The number of nitrogens with two attached hydrogens (primary N) is 2. The number of rotatable bonds is 4. The highest BCUT2D eigenvalue weighted by atomic mass is 16.5. The third-order valence-corrected chi connectivity index (χ3v) is 3.87. The molecule has 0 radical (unpaired) electrons. The van der Waals surface area contributed by atoms with Crippen LogP contribution in [0.2, 0.25) is 0 Å². The first kappa shape index (κ1) is 16.7. The molecule has 0 atom stereocenters. The molecule has 0 bridgehead atoms. The number of carbonyl (C=O) groups excluding carboxylic acids is 1. The van der Waals surface area contributed by atoms with Gasteiger partial charge < -0.3 is 21.1 Å². The van der Waals surface area contributed by atoms with Gasteiger partial charge in [0.25, 0.3) is 0 Å². The summed E-state index contributed by atoms with van der Waals surface area (Å²) in [7, 11) is 0. The summed E-state index contributed by atoms with van der Waals surface area (Å²) in [4.78, 5) is 25.8. The molecule has 4 N–H and O–H groups in total. The maximum absolute atomic E-state index is 11.4. The van der Waals surface area contributed by atoms with Crippen molar-refractivity contribution < 1.29 is 9.53 Å². The third-order valence-electron chi connectivity index (χ3n) is 3.87. The van der Waals surface area contributed by atoms with E-state index in [2.05, 4.69) is 19.9 Å². The number of aliphatic imine (C=N–C) groups is 1. The molecule has 8 nitrogen and oxygen atoms in total. The van der Waals surface area contributed by atoms with Gasteiger partial charge in [0.05, 0.1) is 0 Å². The number of hydrogen-bond acceptors (Lipinski definition) is 5. The van der Waals surface area contributed by atoms with Crippen LogP contribution in [0.4, 0.5) is 10.7 Å². The monoisotopic (exact) mass is 340 g/mol. The molecule has 130 valence electrons. The number of nitrogens with zero attached hydrogens (tertiary/aromatic N) is 4. The summed E-state index contributed by atoms with van der Waals surface area (Å²) in [6.07, 6.45) is 5.18. The van der Waals surface area contributed by atoms with E-state index in [4.69, 9.17) is 16.2 Å². The topological polar surface area (TPSA) is 120 Å². The molecule has 2 heterocycles. The van der Waals surface area contributed by atoms with Crippen LogP contribution in [0.3, 0.4) is 0 Å². The van der Waals surface area contributed by atoms with E-state index < -0.39 is 6.09 Å². The van der Waals surface area contributed by atoms with E-state index >= 15 is 0 Å². The van der Waals surface area contributed by atoms with Crippen molar-refractivity contribution in [3.05, 3.63) is 42.2 Å². The Morgan fingerprint density at radius 2 is 1.88 bits per heavy atom. The standard InChI is InChI=1S/C17H20N6O2/c18-15(19)22-17(24)25-11-12-4-3-5-13(8-12)14-9-20-16(21-10-14)23-6-1-2-7-23/h3-5,8-10H,1-2,6-7,11H2,(H4,18,19,22,24). The minimum Gasteiger partial charge on any atom is -0.443 e. The van der Waals surface area contributed by atoms with Crippen molar-refractivity contribution in [2.24, 2.45) is 16.5 Å². The van der Waals surface area contributed by atoms with E-state index in [9.17, 15) is 4.79 Å². The zero-order valence-corrected chi connectivity index (χ0v) is 13.8. The van der Waals surface area contributed by atoms with E-state index in [1.165, 1.54) is 12.8 Å². The number of hydrogen-bond donors (Lipinski definition) is 2. The van der Waals surface area contributed by atoms with Gasteiger partial charge in [0.15, 0.2) is 5.96 Å². The fraction of sp³-hybridized carbons (Fsp3) is 0.294. The molecule has 0 unspecified atom stereocenters. The summed E-state index contributed by atoms with van der Waals surface area (Å²) >= 11 is 0. The second-order valence-electron chi connectivity index (χ2n) is 5.76. The van der Waals surface area contributed by atoms with Gasteiger partial charge in [-0.1, -0.05) is 18.2 Å². The Labute approximate surface area is 145 Å². The SMILES string of the molecule is NC(N)=NC(=O)OCc1cccc(-c2cnc(N3CCCC3)nc2)c1. The average Bonchev–Trinajstić information content (AvgIpc) is 3.14. The summed E-state index contributed by atoms with van der Waals surface area (Å²) in [6, 6.07) is 7.60. The molecule has 1 saturated heterocycles. The molecule has 1 aromatic carbocycles. The number of ether oxygens (including phenoxy) is 1. The van der Waals surface area contributed by atoms with Gasteiger partial charge in [-0.25, -0.2) is 14.8 Å². The van der Waals surface area contributed by atoms with Crippen molar-refractivity contribution in [1.29, 1.82) is 0 Å². The van der Waals surface area contributed by atoms with E-state index in [1.807, 2.05) is 36.7 Å². The highest BCUT2D eigenvalue weighted by molar-refractivity contribution is 5.87. The molecule has 2 aromatic rings. The predicted octanol–water partition coefficient (Wildman–Crippen LogP) is 1.65. The van der Waals surface area contributed by atoms with Gasteiger partial charge in [-0.3, -0.25) is 0 Å². The molecule has 8 heteroatoms. The van der Waals surface area contributed by atoms with Crippen LogP contribution in [-0.2, 0) is 11.3 Å². The van der Waals surface area contributed by atoms with Crippen molar-refractivity contribution in [2.75, 3.05) is 18.0 Å². The van der Waals surface area contributed by atoms with Crippen LogP contribution >= 0.6 is 0 Å². The first-order valence-corrected chi connectivity index (χ1v) is 8.04. The Morgan fingerprint density at radius 1 is 1.16 bits per heavy atom. The Bertz CT molecular complexity index is 765. The largest absolute Gasteiger partial charge is 0.443 e. The molecule has 1 aliphatic heterocycles. The smallest absolute Gasteiger partial charge is 0.437 e. The Kier molecular flexibility index (Phi) is 5.08. The molecule has 0 aliphatic carbocycles. The number of benzene rings is 1. The van der Waals surface area contributed by atoms with E-state index in [1.54, 1.807) is 0 Å². The minimum atomic E-state index is -0.816. The lowest BCUT2D eigenvalue weighted by Crippen LogP contribution is -2.24. The minimum absolute atomic E-state index is 0.0795. The van der Waals surface area contributed by atoms with Crippen LogP contribution in [-0.4, -0.2) is 35.1 Å². The Hall–Kier alpha value is -3.16. The molecule has 1 fully saturated rings. The fourth-order valence-corrected chi connectivity index (χ4v) is 2.67. The summed E-state index contributed by atoms with van der Waals surface area (Å²) in [6.45, 7) is 2.10. The highest BCUT2D eigenvalue weighted by Crippen LogP contribution is 2.22. The van der Waals surface area contributed by atoms with Crippen molar-refractivity contribution >= 4 is 18.0 Å². The van der Waals surface area contributed by atoms with Crippen LogP contribution in [0.5, 0.6) is 0 Å². The highest BCUT2D eigenvalue weighted by Gasteiger charge is 2.14. The third kappa shape index (κ3) is 4.43. The van der Waals surface area contributed by atoms with E-state index in [0.717, 1.165) is 35.7 Å². The van der Waals surface area contributed by atoms with Crippen LogP contribution in [0, 0.1) is 0 Å². The number of aromatic nitrogens is 2. The van der Waals surface area contributed by atoms with Crippen molar-refractivity contribution in [3.8, 4) is 11.1 Å². The van der Waals surface area contributed by atoms with E-state index in [-0.39, 0.29) is 12.6 Å². The molecular formula is C17H20N6O2. The summed E-state index contributed by atoms with van der Waals surface area (Å²) in [5, 5.41) is 0. The Balaban J connectivity index is 1.68. The van der Waals surface area contributed by atoms with Crippen LogP contribution in [0.1, 0.15) is 18.4 Å². The molecule has 3 rings (SSSR count). The maximum atomic E-state index is 11.4. The number of amides is 1. The van der Waals surface area contributed by atoms with E-state index in [0.29, 0.717) is 0 Å². The molecule has 1 aromatic heterocycles. The lowest BCUT2D eigenvalue weighted by atomic mass is 10.1. The van der Waals surface area contributed by atoms with Gasteiger partial charge in [0.2, 0.25) is 5.95 Å². The number of guanidine groups is 1. The van der Waals surface area contributed by atoms with Gasteiger partial charge in [-0.2, -0.15) is 0 Å². The molecule has 1 aliphatic rings. The lowest BCUT2D eigenvalue weighted by Gasteiger charge is -2.14. The Morgan fingerprint density at radius 3 is 2.56 bits per heavy atom. The molecule has 1 amide bonds. The second-order valence-corrected chi connectivity index (χ2v) is 5.76. The molecule has 0 spiro atoms. The van der Waals surface area contributed by atoms with Gasteiger partial charge >= 0.3 is 6.09 Å². The van der Waals surface area contributed by atoms with Gasteiger partial charge in [0.1, 0.15) is 6.61 Å². The predicted molar refractivity (Wildman–Crippen MR) is 94.9 cm³/mol. The molecule has 25 heavy (non-hydrogen) atoms. The van der Waals surface area contributed by atoms with Crippen LogP contribution in [0.15, 0.2) is 41.7 Å². The maximum Gasteiger partial charge on any atom is 0.437 e. The van der Waals surface area contributed by atoms with Crippen LogP contribution in [0.25, 0.3) is 11.1 Å². The summed E-state index contributed by atoms with van der Waals surface area (Å²) in [5.74, 6) is 0.442. The number of anilines is 1. The van der Waals surface area contributed by atoms with Gasteiger partial charge in [-0.15, -0.1) is 4.99 Å². The summed E-state index contributed by atoms with van der Waals surface area (Å²) in [5.41, 5.74) is 12.9. The summed E-state index contributed by atoms with van der Waals surface area (Å²) < 4.78 is 4.99. The van der Waals surface area contributed by atoms with Crippen molar-refractivity contribution in [2.45, 2.75) is 19.4 Å².